The van der Waals surface area contributed by atoms with E-state index in [1.165, 1.54) is 0 Å². The molecule has 0 saturated heterocycles. The molecule has 0 amide bonds. The number of hydrogen-bond acceptors (Lipinski definition) is 2. The highest BCUT2D eigenvalue weighted by atomic mass is 35.5. The summed E-state index contributed by atoms with van der Waals surface area (Å²) in [5.74, 6) is 0. The number of benzene rings is 1. The van der Waals surface area contributed by atoms with Crippen LogP contribution in [0.25, 0.3) is 11.1 Å². The molecule has 0 fully saturated rings. The molecule has 2 rings (SSSR count). The van der Waals surface area contributed by atoms with Gasteiger partial charge in [0.2, 0.25) is 0 Å². The lowest BCUT2D eigenvalue weighted by Crippen LogP contribution is -1.86. The second-order valence-electron chi connectivity index (χ2n) is 3.49. The molecule has 2 nitrogen and oxygen atoms in total. The van der Waals surface area contributed by atoms with E-state index in [4.69, 9.17) is 16.9 Å². The average Bonchev–Trinajstić information content (AvgIpc) is 2.30. The molecule has 0 aliphatic heterocycles. The van der Waals surface area contributed by atoms with Crippen molar-refractivity contribution in [2.45, 2.75) is 6.92 Å². The minimum Gasteiger partial charge on any atom is -0.261 e. The molecule has 1 aromatic carbocycles. The van der Waals surface area contributed by atoms with Crippen LogP contribution in [-0.2, 0) is 0 Å². The first-order chi connectivity index (χ1) is 7.70. The summed E-state index contributed by atoms with van der Waals surface area (Å²) >= 11 is 5.84. The Labute approximate surface area is 99.1 Å². The van der Waals surface area contributed by atoms with Gasteiger partial charge < -0.3 is 0 Å². The number of nitriles is 1. The minimum atomic E-state index is 0.568. The van der Waals surface area contributed by atoms with E-state index in [-0.39, 0.29) is 0 Å². The van der Waals surface area contributed by atoms with E-state index in [0.29, 0.717) is 10.6 Å². The van der Waals surface area contributed by atoms with Gasteiger partial charge in [0, 0.05) is 28.0 Å². The largest absolute Gasteiger partial charge is 0.261 e. The van der Waals surface area contributed by atoms with Crippen molar-refractivity contribution in [3.63, 3.8) is 0 Å². The molecule has 0 atom stereocenters. The van der Waals surface area contributed by atoms with Crippen molar-refractivity contribution in [1.82, 2.24) is 4.98 Å². The van der Waals surface area contributed by atoms with E-state index in [9.17, 15) is 0 Å². The lowest BCUT2D eigenvalue weighted by Gasteiger charge is -2.04. The summed E-state index contributed by atoms with van der Waals surface area (Å²) in [6, 6.07) is 11.3. The number of pyridine rings is 1. The highest BCUT2D eigenvalue weighted by Crippen LogP contribution is 2.25. The van der Waals surface area contributed by atoms with Gasteiger partial charge in [-0.25, -0.2) is 0 Å². The third kappa shape index (κ3) is 2.05. The zero-order chi connectivity index (χ0) is 11.5. The molecule has 16 heavy (non-hydrogen) atoms. The number of hydrogen-bond donors (Lipinski definition) is 0. The van der Waals surface area contributed by atoms with Crippen LogP contribution in [0.1, 0.15) is 11.3 Å². The van der Waals surface area contributed by atoms with Crippen LogP contribution in [0.3, 0.4) is 0 Å². The Morgan fingerprint density at radius 1 is 1.25 bits per heavy atom. The van der Waals surface area contributed by atoms with E-state index in [2.05, 4.69) is 11.1 Å². The van der Waals surface area contributed by atoms with Gasteiger partial charge in [-0.2, -0.15) is 5.26 Å². The Hall–Kier alpha value is -1.85. The quantitative estimate of drug-likeness (QED) is 0.748. The zero-order valence-corrected chi connectivity index (χ0v) is 9.49. The standard InChI is InChI=1S/C13H9ClN2/c1-9-2-3-10(8-16-9)13-5-4-12(14)6-11(13)7-15/h2-6,8H,1H3. The van der Waals surface area contributed by atoms with Crippen LogP contribution in [0.4, 0.5) is 0 Å². The normalized spacial score (nSPS) is 9.81. The summed E-state index contributed by atoms with van der Waals surface area (Å²) in [6.07, 6.45) is 1.76. The van der Waals surface area contributed by atoms with Gasteiger partial charge in [-0.15, -0.1) is 0 Å². The molecule has 0 radical (unpaired) electrons. The third-order valence-corrected chi connectivity index (χ3v) is 2.56. The molecule has 3 heteroatoms. The first kappa shape index (κ1) is 10.7. The van der Waals surface area contributed by atoms with Gasteiger partial charge in [0.15, 0.2) is 0 Å². The molecular formula is C13H9ClN2. The molecule has 0 bridgehead atoms. The Balaban J connectivity index is 2.56. The van der Waals surface area contributed by atoms with Crippen LogP contribution < -0.4 is 0 Å². The van der Waals surface area contributed by atoms with E-state index in [1.54, 1.807) is 18.3 Å². The summed E-state index contributed by atoms with van der Waals surface area (Å²) in [6.45, 7) is 1.93. The van der Waals surface area contributed by atoms with Gasteiger partial charge in [0.25, 0.3) is 0 Å². The number of halogens is 1. The van der Waals surface area contributed by atoms with Gasteiger partial charge in [0.1, 0.15) is 0 Å². The lowest BCUT2D eigenvalue weighted by atomic mass is 10.0. The highest BCUT2D eigenvalue weighted by molar-refractivity contribution is 6.30. The van der Waals surface area contributed by atoms with Crippen molar-refractivity contribution < 1.29 is 0 Å². The fourth-order valence-corrected chi connectivity index (χ4v) is 1.66. The molecule has 0 N–H and O–H groups in total. The summed E-state index contributed by atoms with van der Waals surface area (Å²) in [4.78, 5) is 4.21. The topological polar surface area (TPSA) is 36.7 Å². The van der Waals surface area contributed by atoms with Gasteiger partial charge in [-0.3, -0.25) is 4.98 Å². The molecule has 1 aromatic heterocycles. The van der Waals surface area contributed by atoms with E-state index in [0.717, 1.165) is 16.8 Å². The predicted molar refractivity (Wildman–Crippen MR) is 64.1 cm³/mol. The summed E-state index contributed by atoms with van der Waals surface area (Å²) < 4.78 is 0. The van der Waals surface area contributed by atoms with Gasteiger partial charge >= 0.3 is 0 Å². The minimum absolute atomic E-state index is 0.568. The second-order valence-corrected chi connectivity index (χ2v) is 3.93. The van der Waals surface area contributed by atoms with Crippen molar-refractivity contribution in [3.8, 4) is 17.2 Å². The fourth-order valence-electron chi connectivity index (χ4n) is 1.49. The Morgan fingerprint density at radius 2 is 2.06 bits per heavy atom. The van der Waals surface area contributed by atoms with Crippen molar-refractivity contribution in [2.75, 3.05) is 0 Å². The molecule has 0 unspecified atom stereocenters. The Morgan fingerprint density at radius 3 is 2.69 bits per heavy atom. The van der Waals surface area contributed by atoms with Crippen LogP contribution in [0.5, 0.6) is 0 Å². The van der Waals surface area contributed by atoms with Crippen LogP contribution in [-0.4, -0.2) is 4.98 Å². The molecule has 0 spiro atoms. The molecule has 1 heterocycles. The van der Waals surface area contributed by atoms with E-state index < -0.39 is 0 Å². The van der Waals surface area contributed by atoms with Gasteiger partial charge in [-0.1, -0.05) is 23.7 Å². The van der Waals surface area contributed by atoms with E-state index in [1.807, 2.05) is 25.1 Å². The van der Waals surface area contributed by atoms with Crippen molar-refractivity contribution >= 4 is 11.6 Å². The van der Waals surface area contributed by atoms with Crippen LogP contribution in [0.15, 0.2) is 36.5 Å². The summed E-state index contributed by atoms with van der Waals surface area (Å²) in [7, 11) is 0. The van der Waals surface area contributed by atoms with Crippen molar-refractivity contribution in [1.29, 1.82) is 5.26 Å². The third-order valence-electron chi connectivity index (χ3n) is 2.32. The molecule has 0 saturated carbocycles. The SMILES string of the molecule is Cc1ccc(-c2ccc(Cl)cc2C#N)cn1. The predicted octanol–water partition coefficient (Wildman–Crippen LogP) is 3.58. The monoisotopic (exact) mass is 228 g/mol. The van der Waals surface area contributed by atoms with Crippen molar-refractivity contribution in [2.24, 2.45) is 0 Å². The van der Waals surface area contributed by atoms with Crippen LogP contribution >= 0.6 is 11.6 Å². The first-order valence-corrected chi connectivity index (χ1v) is 5.21. The maximum absolute atomic E-state index is 9.03. The number of nitrogens with zero attached hydrogens (tertiary/aromatic N) is 2. The molecule has 0 aliphatic carbocycles. The van der Waals surface area contributed by atoms with Gasteiger partial charge in [-0.05, 0) is 25.1 Å². The average molecular weight is 229 g/mol. The molecule has 2 aromatic rings. The van der Waals surface area contributed by atoms with Crippen LogP contribution in [0.2, 0.25) is 5.02 Å². The van der Waals surface area contributed by atoms with Crippen LogP contribution in [0, 0.1) is 18.3 Å². The van der Waals surface area contributed by atoms with Crippen molar-refractivity contribution in [3.05, 3.63) is 52.8 Å². The smallest absolute Gasteiger partial charge is 0.0998 e. The first-order valence-electron chi connectivity index (χ1n) is 4.83. The molecular weight excluding hydrogens is 220 g/mol. The lowest BCUT2D eigenvalue weighted by molar-refractivity contribution is 1.20. The molecule has 0 aliphatic rings. The Kier molecular flexibility index (Phi) is 2.89. The Bertz CT molecular complexity index is 553. The number of aryl methyl sites for hydroxylation is 1. The maximum Gasteiger partial charge on any atom is 0.0998 e. The second kappa shape index (κ2) is 4.34. The fraction of sp³-hybridized carbons (Fsp3) is 0.0769. The number of rotatable bonds is 1. The summed E-state index contributed by atoms with van der Waals surface area (Å²) in [5, 5.41) is 9.60. The summed E-state index contributed by atoms with van der Waals surface area (Å²) in [5.41, 5.74) is 3.31. The van der Waals surface area contributed by atoms with Gasteiger partial charge in [0.05, 0.1) is 11.6 Å². The number of aromatic nitrogens is 1. The molecule has 78 valence electrons. The van der Waals surface area contributed by atoms with E-state index >= 15 is 0 Å². The maximum atomic E-state index is 9.03. The zero-order valence-electron chi connectivity index (χ0n) is 8.74. The highest BCUT2D eigenvalue weighted by Gasteiger charge is 2.05.